The lowest BCUT2D eigenvalue weighted by molar-refractivity contribution is -0.141. The van der Waals surface area contributed by atoms with Gasteiger partial charge >= 0.3 is 6.18 Å². The van der Waals surface area contributed by atoms with Crippen LogP contribution in [0.25, 0.3) is 0 Å². The van der Waals surface area contributed by atoms with E-state index in [1.807, 2.05) is 13.8 Å². The first-order valence-corrected chi connectivity index (χ1v) is 6.97. The summed E-state index contributed by atoms with van der Waals surface area (Å²) in [5.41, 5.74) is -1.23. The molecule has 2 aliphatic rings. The number of halogens is 4. The van der Waals surface area contributed by atoms with Gasteiger partial charge in [-0.05, 0) is 28.3 Å². The van der Waals surface area contributed by atoms with Gasteiger partial charge in [0.1, 0.15) is 5.82 Å². The Kier molecular flexibility index (Phi) is 2.99. The Labute approximate surface area is 124 Å². The monoisotopic (exact) mass is 321 g/mol. The fourth-order valence-electron chi connectivity index (χ4n) is 3.78. The molecule has 1 saturated heterocycles. The van der Waals surface area contributed by atoms with Gasteiger partial charge in [0.2, 0.25) is 5.28 Å². The van der Waals surface area contributed by atoms with E-state index in [1.54, 1.807) is 4.90 Å². The number of aliphatic hydroxyl groups excluding tert-OH is 1. The Morgan fingerprint density at radius 3 is 2.38 bits per heavy atom. The maximum atomic E-state index is 12.8. The number of rotatable bonds is 2. The Morgan fingerprint density at radius 2 is 1.90 bits per heavy atom. The van der Waals surface area contributed by atoms with Crippen molar-refractivity contribution in [1.82, 2.24) is 9.97 Å². The van der Waals surface area contributed by atoms with Gasteiger partial charge in [-0.15, -0.1) is 0 Å². The van der Waals surface area contributed by atoms with E-state index in [4.69, 9.17) is 11.6 Å². The highest BCUT2D eigenvalue weighted by molar-refractivity contribution is 6.28. The molecular formula is C13H15ClF3N3O. The number of nitrogens with zero attached hydrogens (tertiary/aromatic N) is 3. The number of fused-ring (bicyclic) bond motifs is 1. The Balaban J connectivity index is 1.89. The third kappa shape index (κ3) is 2.01. The number of hydrogen-bond donors (Lipinski definition) is 1. The third-order valence-corrected chi connectivity index (χ3v) is 5.45. The van der Waals surface area contributed by atoms with Gasteiger partial charge < -0.3 is 10.0 Å². The molecule has 1 aliphatic carbocycles. The molecule has 1 N–H and O–H groups in total. The molecule has 1 saturated carbocycles. The first-order valence-electron chi connectivity index (χ1n) is 6.59. The van der Waals surface area contributed by atoms with Gasteiger partial charge in [0.25, 0.3) is 0 Å². The summed E-state index contributed by atoms with van der Waals surface area (Å²) in [5.74, 6) is 0.370. The van der Waals surface area contributed by atoms with Crippen LogP contribution in [0.5, 0.6) is 0 Å². The molecule has 116 valence electrons. The second-order valence-corrected chi connectivity index (χ2v) is 6.64. The van der Waals surface area contributed by atoms with Gasteiger partial charge in [-0.1, -0.05) is 13.8 Å². The minimum absolute atomic E-state index is 0.0964. The Bertz CT molecular complexity index is 579. The predicted molar refractivity (Wildman–Crippen MR) is 71.0 cm³/mol. The number of piperidine rings is 1. The lowest BCUT2D eigenvalue weighted by Gasteiger charge is -2.24. The first-order chi connectivity index (χ1) is 9.62. The minimum Gasteiger partial charge on any atom is -0.396 e. The van der Waals surface area contributed by atoms with Crippen molar-refractivity contribution in [2.75, 3.05) is 24.6 Å². The van der Waals surface area contributed by atoms with Crippen molar-refractivity contribution in [2.24, 2.45) is 16.7 Å². The highest BCUT2D eigenvalue weighted by Gasteiger charge is 2.74. The summed E-state index contributed by atoms with van der Waals surface area (Å²) < 4.78 is 38.4. The quantitative estimate of drug-likeness (QED) is 0.851. The lowest BCUT2D eigenvalue weighted by Crippen LogP contribution is -2.30. The molecule has 3 rings (SSSR count). The number of aliphatic hydroxyl groups is 1. The number of alkyl halides is 3. The van der Waals surface area contributed by atoms with Crippen LogP contribution in [0.2, 0.25) is 5.28 Å². The van der Waals surface area contributed by atoms with E-state index in [-0.39, 0.29) is 29.2 Å². The maximum absolute atomic E-state index is 12.8. The van der Waals surface area contributed by atoms with Crippen molar-refractivity contribution in [3.05, 3.63) is 17.0 Å². The summed E-state index contributed by atoms with van der Waals surface area (Å²) in [7, 11) is 0. The molecular weight excluding hydrogens is 307 g/mol. The van der Waals surface area contributed by atoms with Gasteiger partial charge in [0, 0.05) is 25.8 Å². The summed E-state index contributed by atoms with van der Waals surface area (Å²) in [4.78, 5) is 8.94. The van der Waals surface area contributed by atoms with Gasteiger partial charge in [-0.2, -0.15) is 13.2 Å². The van der Waals surface area contributed by atoms with E-state index >= 15 is 0 Å². The Hall–Kier alpha value is -1.08. The minimum atomic E-state index is -4.55. The molecule has 0 radical (unpaired) electrons. The molecule has 3 atom stereocenters. The van der Waals surface area contributed by atoms with E-state index in [1.165, 1.54) is 0 Å². The zero-order valence-corrected chi connectivity index (χ0v) is 12.3. The SMILES string of the molecule is C[C@@]12CN(c3cc(C(F)(F)F)nc(Cl)n3)C[C@]1(C)C2CO. The highest BCUT2D eigenvalue weighted by atomic mass is 35.5. The third-order valence-electron chi connectivity index (χ3n) is 5.28. The van der Waals surface area contributed by atoms with E-state index in [2.05, 4.69) is 9.97 Å². The van der Waals surface area contributed by atoms with Crippen LogP contribution in [0.4, 0.5) is 19.0 Å². The fourth-order valence-corrected chi connectivity index (χ4v) is 3.96. The molecule has 0 aromatic carbocycles. The average Bonchev–Trinajstić information content (AvgIpc) is 2.65. The van der Waals surface area contributed by atoms with Crippen LogP contribution in [0.1, 0.15) is 19.5 Å². The van der Waals surface area contributed by atoms with Crippen molar-refractivity contribution in [3.63, 3.8) is 0 Å². The summed E-state index contributed by atoms with van der Waals surface area (Å²) in [6.07, 6.45) is -4.55. The van der Waals surface area contributed by atoms with Crippen molar-refractivity contribution in [1.29, 1.82) is 0 Å². The number of aromatic nitrogens is 2. The lowest BCUT2D eigenvalue weighted by atomic mass is 10.0. The smallest absolute Gasteiger partial charge is 0.396 e. The van der Waals surface area contributed by atoms with Crippen LogP contribution >= 0.6 is 11.6 Å². The van der Waals surface area contributed by atoms with Crippen molar-refractivity contribution in [3.8, 4) is 0 Å². The molecule has 0 amide bonds. The molecule has 1 aliphatic heterocycles. The normalized spacial score (nSPS) is 35.0. The molecule has 8 heteroatoms. The van der Waals surface area contributed by atoms with Crippen LogP contribution in [0.3, 0.4) is 0 Å². The standard InChI is InChI=1S/C13H15ClF3N3O/c1-11-5-20(6-12(11,2)7(11)4-21)9-3-8(13(15,16)17)18-10(14)19-9/h3,7,21H,4-6H2,1-2H3/t7?,11-,12+. The summed E-state index contributed by atoms with van der Waals surface area (Å²) in [6, 6.07) is 0.928. The van der Waals surface area contributed by atoms with Gasteiger partial charge in [-0.3, -0.25) is 0 Å². The van der Waals surface area contributed by atoms with Crippen LogP contribution in [0, 0.1) is 16.7 Å². The van der Waals surface area contributed by atoms with E-state index in [0.29, 0.717) is 13.1 Å². The van der Waals surface area contributed by atoms with Gasteiger partial charge in [-0.25, -0.2) is 9.97 Å². The largest absolute Gasteiger partial charge is 0.433 e. The molecule has 0 bridgehead atoms. The second kappa shape index (κ2) is 4.23. The topological polar surface area (TPSA) is 49.2 Å². The number of anilines is 1. The summed E-state index contributed by atoms with van der Waals surface area (Å²) in [5, 5.41) is 8.97. The molecule has 4 nitrogen and oxygen atoms in total. The average molecular weight is 322 g/mol. The van der Waals surface area contributed by atoms with Crippen LogP contribution in [-0.2, 0) is 6.18 Å². The van der Waals surface area contributed by atoms with Crippen LogP contribution < -0.4 is 4.90 Å². The molecule has 1 aromatic heterocycles. The Morgan fingerprint density at radius 1 is 1.33 bits per heavy atom. The van der Waals surface area contributed by atoms with Crippen molar-refractivity contribution < 1.29 is 18.3 Å². The molecule has 1 unspecified atom stereocenters. The van der Waals surface area contributed by atoms with Crippen molar-refractivity contribution >= 4 is 17.4 Å². The molecule has 1 aromatic rings. The molecule has 2 fully saturated rings. The van der Waals surface area contributed by atoms with Gasteiger partial charge in [0.15, 0.2) is 5.69 Å². The summed E-state index contributed by atoms with van der Waals surface area (Å²) in [6.45, 7) is 5.29. The second-order valence-electron chi connectivity index (χ2n) is 6.30. The first kappa shape index (κ1) is 14.8. The van der Waals surface area contributed by atoms with Crippen LogP contribution in [-0.4, -0.2) is 34.8 Å². The van der Waals surface area contributed by atoms with E-state index < -0.39 is 17.2 Å². The zero-order chi connectivity index (χ0) is 15.6. The van der Waals surface area contributed by atoms with Crippen LogP contribution in [0.15, 0.2) is 6.07 Å². The van der Waals surface area contributed by atoms with E-state index in [0.717, 1.165) is 6.07 Å². The molecule has 0 spiro atoms. The predicted octanol–water partition coefficient (Wildman–Crippen LogP) is 2.60. The van der Waals surface area contributed by atoms with E-state index in [9.17, 15) is 18.3 Å². The molecule has 2 heterocycles. The van der Waals surface area contributed by atoms with Gasteiger partial charge in [0.05, 0.1) is 0 Å². The zero-order valence-electron chi connectivity index (χ0n) is 11.6. The fraction of sp³-hybridized carbons (Fsp3) is 0.692. The van der Waals surface area contributed by atoms with Crippen molar-refractivity contribution in [2.45, 2.75) is 20.0 Å². The molecule has 21 heavy (non-hydrogen) atoms. The summed E-state index contributed by atoms with van der Waals surface area (Å²) >= 11 is 5.62. The maximum Gasteiger partial charge on any atom is 0.433 e. The highest BCUT2D eigenvalue weighted by Crippen LogP contribution is 2.72. The number of hydrogen-bond acceptors (Lipinski definition) is 4.